The maximum atomic E-state index is 11.3. The van der Waals surface area contributed by atoms with E-state index in [0.29, 0.717) is 0 Å². The molecule has 0 aromatic carbocycles. The third-order valence-electron chi connectivity index (χ3n) is 3.42. The predicted molar refractivity (Wildman–Crippen MR) is 64.4 cm³/mol. The lowest BCUT2D eigenvalue weighted by Gasteiger charge is -2.39. The molecule has 0 aromatic rings. The second-order valence-electron chi connectivity index (χ2n) is 4.24. The minimum Gasteiger partial charge on any atom is -0.468 e. The molecular formula is C12H24N2O2. The summed E-state index contributed by atoms with van der Waals surface area (Å²) in [4.78, 5) is 16.0. The highest BCUT2D eigenvalue weighted by atomic mass is 16.5. The van der Waals surface area contributed by atoms with Crippen LogP contribution in [0.15, 0.2) is 0 Å². The number of ether oxygens (including phenoxy) is 1. The molecule has 1 atom stereocenters. The first-order chi connectivity index (χ1) is 7.72. The maximum absolute atomic E-state index is 11.3. The Balaban J connectivity index is 2.16. The van der Waals surface area contributed by atoms with E-state index in [1.54, 1.807) is 0 Å². The Morgan fingerprint density at radius 3 is 2.56 bits per heavy atom. The van der Waals surface area contributed by atoms with E-state index < -0.39 is 0 Å². The number of rotatable bonds is 7. The van der Waals surface area contributed by atoms with Crippen LogP contribution in [-0.4, -0.2) is 61.6 Å². The van der Waals surface area contributed by atoms with Gasteiger partial charge < -0.3 is 9.64 Å². The molecule has 1 fully saturated rings. The second kappa shape index (κ2) is 6.86. The Morgan fingerprint density at radius 2 is 2.12 bits per heavy atom. The van der Waals surface area contributed by atoms with E-state index in [1.165, 1.54) is 7.11 Å². The van der Waals surface area contributed by atoms with Crippen molar-refractivity contribution in [3.8, 4) is 0 Å². The predicted octanol–water partition coefficient (Wildman–Crippen LogP) is 0.966. The van der Waals surface area contributed by atoms with Gasteiger partial charge in [0.2, 0.25) is 0 Å². The summed E-state index contributed by atoms with van der Waals surface area (Å²) in [7, 11) is 1.47. The smallest absolute Gasteiger partial charge is 0.323 e. The van der Waals surface area contributed by atoms with Gasteiger partial charge in [0.25, 0.3) is 0 Å². The number of likely N-dealkylation sites (tertiary alicyclic amines) is 1. The van der Waals surface area contributed by atoms with Crippen molar-refractivity contribution in [2.24, 2.45) is 0 Å². The lowest BCUT2D eigenvalue weighted by molar-refractivity contribution is -0.151. The molecule has 0 aliphatic carbocycles. The molecule has 1 aliphatic rings. The van der Waals surface area contributed by atoms with Gasteiger partial charge in [0.05, 0.1) is 7.11 Å². The van der Waals surface area contributed by atoms with Crippen LogP contribution in [-0.2, 0) is 9.53 Å². The summed E-state index contributed by atoms with van der Waals surface area (Å²) in [5, 5.41) is 0. The average Bonchev–Trinajstić information content (AvgIpc) is 2.27. The number of hydrogen-bond acceptors (Lipinski definition) is 4. The van der Waals surface area contributed by atoms with Gasteiger partial charge in [-0.15, -0.1) is 0 Å². The zero-order valence-electron chi connectivity index (χ0n) is 10.7. The summed E-state index contributed by atoms with van der Waals surface area (Å²) in [5.74, 6) is -0.0749. The van der Waals surface area contributed by atoms with Crippen LogP contribution < -0.4 is 0 Å². The fraction of sp³-hybridized carbons (Fsp3) is 0.917. The van der Waals surface area contributed by atoms with Crippen molar-refractivity contribution in [2.45, 2.75) is 32.7 Å². The number of esters is 1. The monoisotopic (exact) mass is 228 g/mol. The highest BCUT2D eigenvalue weighted by Gasteiger charge is 2.34. The molecule has 1 unspecified atom stereocenters. The molecule has 0 amide bonds. The Labute approximate surface area is 98.5 Å². The fourth-order valence-corrected chi connectivity index (χ4v) is 2.15. The van der Waals surface area contributed by atoms with Crippen LogP contribution in [0.1, 0.15) is 26.7 Å². The van der Waals surface area contributed by atoms with E-state index >= 15 is 0 Å². The highest BCUT2D eigenvalue weighted by Crippen LogP contribution is 2.18. The molecule has 0 saturated carbocycles. The topological polar surface area (TPSA) is 32.8 Å². The molecule has 1 aliphatic heterocycles. The summed E-state index contributed by atoms with van der Waals surface area (Å²) in [6, 6.07) is 0.0294. The van der Waals surface area contributed by atoms with Crippen LogP contribution >= 0.6 is 0 Å². The second-order valence-corrected chi connectivity index (χ2v) is 4.24. The first kappa shape index (κ1) is 13.5. The molecule has 1 rings (SSSR count). The molecule has 0 N–H and O–H groups in total. The largest absolute Gasteiger partial charge is 0.468 e. The Bertz CT molecular complexity index is 217. The molecule has 1 saturated heterocycles. The van der Waals surface area contributed by atoms with Crippen molar-refractivity contribution in [3.63, 3.8) is 0 Å². The third kappa shape index (κ3) is 3.46. The van der Waals surface area contributed by atoms with Crippen molar-refractivity contribution in [2.75, 3.05) is 39.8 Å². The Kier molecular flexibility index (Phi) is 5.77. The minimum absolute atomic E-state index is 0.0294. The van der Waals surface area contributed by atoms with Gasteiger partial charge in [-0.1, -0.05) is 13.8 Å². The Hall–Kier alpha value is -0.610. The standard InChI is InChI=1S/C12H24N2O2/c1-4-13(5-2)8-6-9-14-10-7-11(14)12(15)16-3/h11H,4-10H2,1-3H3. The Morgan fingerprint density at radius 1 is 1.44 bits per heavy atom. The van der Waals surface area contributed by atoms with Gasteiger partial charge >= 0.3 is 5.97 Å². The zero-order valence-corrected chi connectivity index (χ0v) is 10.7. The number of carbonyl (C=O) groups excluding carboxylic acids is 1. The quantitative estimate of drug-likeness (QED) is 0.608. The SMILES string of the molecule is CCN(CC)CCCN1CCC1C(=O)OC. The molecule has 1 heterocycles. The van der Waals surface area contributed by atoms with E-state index in [4.69, 9.17) is 4.74 Å². The van der Waals surface area contributed by atoms with Crippen molar-refractivity contribution >= 4 is 5.97 Å². The lowest BCUT2D eigenvalue weighted by atomic mass is 10.0. The molecule has 0 bridgehead atoms. The van der Waals surface area contributed by atoms with Crippen molar-refractivity contribution in [1.29, 1.82) is 0 Å². The van der Waals surface area contributed by atoms with Gasteiger partial charge in [-0.05, 0) is 32.5 Å². The zero-order chi connectivity index (χ0) is 12.0. The van der Waals surface area contributed by atoms with Gasteiger partial charge in [0.1, 0.15) is 6.04 Å². The van der Waals surface area contributed by atoms with Gasteiger partial charge in [-0.25, -0.2) is 0 Å². The van der Waals surface area contributed by atoms with Crippen LogP contribution in [0.5, 0.6) is 0 Å². The molecule has 16 heavy (non-hydrogen) atoms. The number of nitrogens with zero attached hydrogens (tertiary/aromatic N) is 2. The number of hydrogen-bond donors (Lipinski definition) is 0. The minimum atomic E-state index is -0.0749. The van der Waals surface area contributed by atoms with Gasteiger partial charge in [0, 0.05) is 13.1 Å². The number of carbonyl (C=O) groups is 1. The van der Waals surface area contributed by atoms with Crippen LogP contribution in [0.2, 0.25) is 0 Å². The molecule has 0 radical (unpaired) electrons. The molecule has 94 valence electrons. The van der Waals surface area contributed by atoms with E-state index in [1.807, 2.05) is 0 Å². The van der Waals surface area contributed by atoms with E-state index in [2.05, 4.69) is 23.6 Å². The first-order valence-electron chi connectivity index (χ1n) is 6.27. The van der Waals surface area contributed by atoms with Crippen molar-refractivity contribution in [1.82, 2.24) is 9.80 Å². The molecular weight excluding hydrogens is 204 g/mol. The van der Waals surface area contributed by atoms with Gasteiger partial charge in [-0.2, -0.15) is 0 Å². The summed E-state index contributed by atoms with van der Waals surface area (Å²) in [6.07, 6.45) is 2.09. The molecule has 4 nitrogen and oxygen atoms in total. The normalized spacial score (nSPS) is 20.9. The third-order valence-corrected chi connectivity index (χ3v) is 3.42. The molecule has 0 spiro atoms. The van der Waals surface area contributed by atoms with Crippen molar-refractivity contribution < 1.29 is 9.53 Å². The lowest BCUT2D eigenvalue weighted by Crippen LogP contribution is -2.53. The van der Waals surface area contributed by atoms with Gasteiger partial charge in [-0.3, -0.25) is 9.69 Å². The van der Waals surface area contributed by atoms with E-state index in [-0.39, 0.29) is 12.0 Å². The van der Waals surface area contributed by atoms with Crippen LogP contribution in [0.25, 0.3) is 0 Å². The van der Waals surface area contributed by atoms with Crippen LogP contribution in [0.3, 0.4) is 0 Å². The summed E-state index contributed by atoms with van der Waals surface area (Å²) < 4.78 is 4.76. The molecule has 0 aromatic heterocycles. The fourth-order valence-electron chi connectivity index (χ4n) is 2.15. The summed E-state index contributed by atoms with van der Waals surface area (Å²) >= 11 is 0. The van der Waals surface area contributed by atoms with Crippen molar-refractivity contribution in [3.05, 3.63) is 0 Å². The maximum Gasteiger partial charge on any atom is 0.323 e. The summed E-state index contributed by atoms with van der Waals surface area (Å²) in [6.45, 7) is 9.76. The number of methoxy groups -OCH3 is 1. The molecule has 4 heteroatoms. The van der Waals surface area contributed by atoms with Crippen LogP contribution in [0.4, 0.5) is 0 Å². The van der Waals surface area contributed by atoms with E-state index in [0.717, 1.165) is 45.6 Å². The highest BCUT2D eigenvalue weighted by molar-refractivity contribution is 5.76. The van der Waals surface area contributed by atoms with E-state index in [9.17, 15) is 4.79 Å². The summed E-state index contributed by atoms with van der Waals surface area (Å²) in [5.41, 5.74) is 0. The van der Waals surface area contributed by atoms with Gasteiger partial charge in [0.15, 0.2) is 0 Å². The first-order valence-corrected chi connectivity index (χ1v) is 6.27. The van der Waals surface area contributed by atoms with Crippen LogP contribution in [0, 0.1) is 0 Å². The average molecular weight is 228 g/mol.